The minimum atomic E-state index is 0.0598. The molecule has 1 aromatic heterocycles. The van der Waals surface area contributed by atoms with E-state index in [9.17, 15) is 4.79 Å². The molecule has 0 spiro atoms. The van der Waals surface area contributed by atoms with E-state index < -0.39 is 0 Å². The normalized spacial score (nSPS) is 14.9. The van der Waals surface area contributed by atoms with Crippen LogP contribution in [0, 0.1) is 0 Å². The molecule has 0 radical (unpaired) electrons. The molecule has 1 aliphatic rings. The summed E-state index contributed by atoms with van der Waals surface area (Å²) in [6, 6.07) is 11.6. The van der Waals surface area contributed by atoms with Gasteiger partial charge in [0.2, 0.25) is 0 Å². The summed E-state index contributed by atoms with van der Waals surface area (Å²) >= 11 is 0. The van der Waals surface area contributed by atoms with Gasteiger partial charge in [0.25, 0.3) is 5.91 Å². The van der Waals surface area contributed by atoms with E-state index in [4.69, 9.17) is 4.74 Å². The number of methoxy groups -OCH3 is 1. The van der Waals surface area contributed by atoms with Gasteiger partial charge in [0.15, 0.2) is 0 Å². The Labute approximate surface area is 154 Å². The zero-order valence-electron chi connectivity index (χ0n) is 15.4. The number of nitrogens with zero attached hydrogens (tertiary/aromatic N) is 3. The van der Waals surface area contributed by atoms with E-state index in [2.05, 4.69) is 22.1 Å². The molecule has 1 aliphatic heterocycles. The Balaban J connectivity index is 1.57. The predicted molar refractivity (Wildman–Crippen MR) is 103 cm³/mol. The van der Waals surface area contributed by atoms with Crippen LogP contribution in [0.3, 0.4) is 0 Å². The van der Waals surface area contributed by atoms with Gasteiger partial charge in [-0.1, -0.05) is 25.1 Å². The van der Waals surface area contributed by atoms with Crippen LogP contribution in [0.15, 0.2) is 42.6 Å². The van der Waals surface area contributed by atoms with Crippen molar-refractivity contribution in [2.45, 2.75) is 13.5 Å². The molecule has 1 saturated heterocycles. The molecule has 0 unspecified atom stereocenters. The van der Waals surface area contributed by atoms with Crippen LogP contribution in [0.5, 0.6) is 5.75 Å². The molecule has 1 N–H and O–H groups in total. The van der Waals surface area contributed by atoms with Crippen LogP contribution < -0.4 is 10.1 Å². The van der Waals surface area contributed by atoms with Crippen molar-refractivity contribution in [3.05, 3.63) is 53.7 Å². The summed E-state index contributed by atoms with van der Waals surface area (Å²) in [6.07, 6.45) is 1.65. The molecule has 3 rings (SSSR count). The lowest BCUT2D eigenvalue weighted by atomic mass is 10.2. The number of hydrogen-bond donors (Lipinski definition) is 1. The molecule has 6 heteroatoms. The van der Waals surface area contributed by atoms with E-state index in [0.29, 0.717) is 12.1 Å². The average molecular weight is 354 g/mol. The zero-order valence-corrected chi connectivity index (χ0v) is 15.4. The van der Waals surface area contributed by atoms with Crippen LogP contribution in [0.4, 0.5) is 5.82 Å². The van der Waals surface area contributed by atoms with Crippen molar-refractivity contribution in [1.82, 2.24) is 14.8 Å². The van der Waals surface area contributed by atoms with Crippen molar-refractivity contribution in [2.24, 2.45) is 0 Å². The molecule has 26 heavy (non-hydrogen) atoms. The first-order chi connectivity index (χ1) is 12.7. The molecule has 0 saturated carbocycles. The first kappa shape index (κ1) is 18.2. The average Bonchev–Trinajstić information content (AvgIpc) is 2.72. The highest BCUT2D eigenvalue weighted by atomic mass is 16.5. The molecule has 6 nitrogen and oxygen atoms in total. The minimum Gasteiger partial charge on any atom is -0.496 e. The molecule has 138 valence electrons. The Morgan fingerprint density at radius 1 is 1.15 bits per heavy atom. The van der Waals surface area contributed by atoms with Gasteiger partial charge in [-0.3, -0.25) is 4.79 Å². The zero-order chi connectivity index (χ0) is 18.4. The third-order valence-electron chi connectivity index (χ3n) is 4.77. The van der Waals surface area contributed by atoms with Crippen molar-refractivity contribution in [3.63, 3.8) is 0 Å². The summed E-state index contributed by atoms with van der Waals surface area (Å²) in [5.41, 5.74) is 1.70. The molecule has 1 amide bonds. The lowest BCUT2D eigenvalue weighted by Crippen LogP contribution is -2.48. The first-order valence-corrected chi connectivity index (χ1v) is 9.04. The van der Waals surface area contributed by atoms with Gasteiger partial charge in [-0.15, -0.1) is 0 Å². The fourth-order valence-electron chi connectivity index (χ4n) is 3.11. The van der Waals surface area contributed by atoms with Crippen LogP contribution in [-0.4, -0.2) is 60.5 Å². The third-order valence-corrected chi connectivity index (χ3v) is 4.77. The predicted octanol–water partition coefficient (Wildman–Crippen LogP) is 2.48. The standard InChI is InChI=1S/C20H26N4O2/c1-3-23-10-12-24(13-11-23)20(25)17-8-9-19(22-15-17)21-14-16-6-4-5-7-18(16)26-2/h4-9,15H,3,10-14H2,1-2H3,(H,21,22). The van der Waals surface area contributed by atoms with Gasteiger partial charge in [0.05, 0.1) is 12.7 Å². The number of likely N-dealkylation sites (N-methyl/N-ethyl adjacent to an activating group) is 1. The molecule has 2 heterocycles. The topological polar surface area (TPSA) is 57.7 Å². The summed E-state index contributed by atoms with van der Waals surface area (Å²) in [7, 11) is 1.66. The van der Waals surface area contributed by atoms with E-state index in [1.54, 1.807) is 13.3 Å². The fraction of sp³-hybridized carbons (Fsp3) is 0.400. The number of rotatable bonds is 6. The number of nitrogens with one attached hydrogen (secondary N) is 1. The molecule has 1 aromatic carbocycles. The van der Waals surface area contributed by atoms with Crippen molar-refractivity contribution < 1.29 is 9.53 Å². The smallest absolute Gasteiger partial charge is 0.255 e. The molecule has 2 aromatic rings. The second kappa shape index (κ2) is 8.67. The molecule has 0 atom stereocenters. The van der Waals surface area contributed by atoms with E-state index in [-0.39, 0.29) is 5.91 Å². The molecule has 0 bridgehead atoms. The molecule has 1 fully saturated rings. The maximum Gasteiger partial charge on any atom is 0.255 e. The Morgan fingerprint density at radius 3 is 2.58 bits per heavy atom. The number of carbonyl (C=O) groups excluding carboxylic acids is 1. The summed E-state index contributed by atoms with van der Waals surface area (Å²) < 4.78 is 5.35. The number of para-hydroxylation sites is 1. The van der Waals surface area contributed by atoms with E-state index in [1.807, 2.05) is 41.3 Å². The number of ether oxygens (including phenoxy) is 1. The van der Waals surface area contributed by atoms with Gasteiger partial charge in [-0.05, 0) is 24.7 Å². The first-order valence-electron chi connectivity index (χ1n) is 9.04. The van der Waals surface area contributed by atoms with E-state index >= 15 is 0 Å². The number of amides is 1. The van der Waals surface area contributed by atoms with Crippen molar-refractivity contribution in [2.75, 3.05) is 45.2 Å². The highest BCUT2D eigenvalue weighted by Gasteiger charge is 2.21. The highest BCUT2D eigenvalue weighted by molar-refractivity contribution is 5.94. The Kier molecular flexibility index (Phi) is 6.07. The van der Waals surface area contributed by atoms with Crippen molar-refractivity contribution in [1.29, 1.82) is 0 Å². The number of carbonyl (C=O) groups is 1. The van der Waals surface area contributed by atoms with Crippen molar-refractivity contribution in [3.8, 4) is 5.75 Å². The SMILES string of the molecule is CCN1CCN(C(=O)c2ccc(NCc3ccccc3OC)nc2)CC1. The number of aromatic nitrogens is 1. The summed E-state index contributed by atoms with van der Waals surface area (Å²) in [6.45, 7) is 7.24. The van der Waals surface area contributed by atoms with Crippen LogP contribution in [0.1, 0.15) is 22.8 Å². The Hall–Kier alpha value is -2.60. The number of pyridine rings is 1. The quantitative estimate of drug-likeness (QED) is 0.864. The van der Waals surface area contributed by atoms with Gasteiger partial charge in [-0.2, -0.15) is 0 Å². The van der Waals surface area contributed by atoms with Gasteiger partial charge >= 0.3 is 0 Å². The van der Waals surface area contributed by atoms with Gasteiger partial charge in [-0.25, -0.2) is 4.98 Å². The maximum atomic E-state index is 12.6. The fourth-order valence-corrected chi connectivity index (χ4v) is 3.11. The summed E-state index contributed by atoms with van der Waals surface area (Å²) in [5, 5.41) is 3.27. The second-order valence-corrected chi connectivity index (χ2v) is 6.32. The van der Waals surface area contributed by atoms with Crippen LogP contribution in [-0.2, 0) is 6.54 Å². The molecule has 0 aliphatic carbocycles. The number of piperazine rings is 1. The Bertz CT molecular complexity index is 725. The maximum absolute atomic E-state index is 12.6. The molecular weight excluding hydrogens is 328 g/mol. The second-order valence-electron chi connectivity index (χ2n) is 6.32. The largest absolute Gasteiger partial charge is 0.496 e. The van der Waals surface area contributed by atoms with Gasteiger partial charge < -0.3 is 19.9 Å². The van der Waals surface area contributed by atoms with Crippen LogP contribution >= 0.6 is 0 Å². The van der Waals surface area contributed by atoms with Crippen LogP contribution in [0.2, 0.25) is 0 Å². The number of benzene rings is 1. The third kappa shape index (κ3) is 4.32. The van der Waals surface area contributed by atoms with E-state index in [1.165, 1.54) is 0 Å². The molecular formula is C20H26N4O2. The highest BCUT2D eigenvalue weighted by Crippen LogP contribution is 2.18. The monoisotopic (exact) mass is 354 g/mol. The Morgan fingerprint density at radius 2 is 1.92 bits per heavy atom. The van der Waals surface area contributed by atoms with Gasteiger partial charge in [0.1, 0.15) is 11.6 Å². The van der Waals surface area contributed by atoms with E-state index in [0.717, 1.165) is 49.9 Å². The van der Waals surface area contributed by atoms with Gasteiger partial charge in [0, 0.05) is 44.5 Å². The number of anilines is 1. The number of hydrogen-bond acceptors (Lipinski definition) is 5. The summed E-state index contributed by atoms with van der Waals surface area (Å²) in [5.74, 6) is 1.64. The van der Waals surface area contributed by atoms with Crippen LogP contribution in [0.25, 0.3) is 0 Å². The lowest BCUT2D eigenvalue weighted by molar-refractivity contribution is 0.0643. The lowest BCUT2D eigenvalue weighted by Gasteiger charge is -2.34. The summed E-state index contributed by atoms with van der Waals surface area (Å²) in [4.78, 5) is 21.2. The minimum absolute atomic E-state index is 0.0598. The van der Waals surface area contributed by atoms with Crippen molar-refractivity contribution >= 4 is 11.7 Å².